The average Bonchev–Trinajstić information content (AvgIpc) is 2.25. The summed E-state index contributed by atoms with van der Waals surface area (Å²) in [6.45, 7) is 0. The molecule has 0 atom stereocenters. The van der Waals surface area contributed by atoms with E-state index in [0.717, 1.165) is 6.07 Å². The second-order valence-electron chi connectivity index (χ2n) is 3.32. The predicted molar refractivity (Wildman–Crippen MR) is 53.8 cm³/mol. The van der Waals surface area contributed by atoms with Crippen molar-refractivity contribution in [3.8, 4) is 12.3 Å². The van der Waals surface area contributed by atoms with Crippen LogP contribution in [0.15, 0.2) is 18.2 Å². The van der Waals surface area contributed by atoms with E-state index in [4.69, 9.17) is 6.42 Å². The lowest BCUT2D eigenvalue weighted by Crippen LogP contribution is -2.10. The largest absolute Gasteiger partial charge is 0.419 e. The number of hydrogen-bond donors (Lipinski definition) is 0. The molecule has 0 spiro atoms. The second-order valence-corrected chi connectivity index (χ2v) is 3.32. The highest BCUT2D eigenvalue weighted by Gasteiger charge is 2.34. The van der Waals surface area contributed by atoms with Crippen LogP contribution in [0, 0.1) is 18.2 Å². The Balaban J connectivity index is 3.05. The topological polar surface area (TPSA) is 17.1 Å². The van der Waals surface area contributed by atoms with Gasteiger partial charge in [0.25, 0.3) is 0 Å². The molecule has 0 N–H and O–H groups in total. The second kappa shape index (κ2) is 5.00. The number of ketones is 1. The van der Waals surface area contributed by atoms with Crippen molar-refractivity contribution in [3.05, 3.63) is 35.1 Å². The van der Waals surface area contributed by atoms with Gasteiger partial charge in [-0.05, 0) is 18.2 Å². The molecule has 90 valence electrons. The number of carbonyl (C=O) groups is 1. The highest BCUT2D eigenvalue weighted by Crippen LogP contribution is 2.32. The third-order valence-corrected chi connectivity index (χ3v) is 2.09. The van der Waals surface area contributed by atoms with Gasteiger partial charge in [0, 0.05) is 18.4 Å². The summed E-state index contributed by atoms with van der Waals surface area (Å²) in [7, 11) is 0. The van der Waals surface area contributed by atoms with Crippen LogP contribution in [0.5, 0.6) is 0 Å². The molecule has 5 heteroatoms. The minimum atomic E-state index is -4.81. The molecular weight excluding hydrogens is 236 g/mol. The third kappa shape index (κ3) is 3.31. The Kier molecular flexibility index (Phi) is 3.89. The number of hydrogen-bond acceptors (Lipinski definition) is 1. The Morgan fingerprint density at radius 1 is 1.35 bits per heavy atom. The van der Waals surface area contributed by atoms with E-state index in [1.54, 1.807) is 0 Å². The maximum atomic E-state index is 12.9. The van der Waals surface area contributed by atoms with Crippen LogP contribution in [0.25, 0.3) is 0 Å². The number of alkyl halides is 3. The molecule has 0 saturated heterocycles. The first kappa shape index (κ1) is 13.2. The molecule has 1 aromatic carbocycles. The summed E-state index contributed by atoms with van der Waals surface area (Å²) in [6, 6.07) is 2.16. The molecule has 1 nitrogen and oxygen atoms in total. The Bertz CT molecular complexity index is 468. The van der Waals surface area contributed by atoms with E-state index < -0.39 is 23.3 Å². The monoisotopic (exact) mass is 244 g/mol. The maximum Gasteiger partial charge on any atom is 0.419 e. The first-order valence-electron chi connectivity index (χ1n) is 4.69. The molecule has 0 saturated carbocycles. The van der Waals surface area contributed by atoms with Crippen LogP contribution in [0.4, 0.5) is 17.6 Å². The molecule has 17 heavy (non-hydrogen) atoms. The SMILES string of the molecule is C#CCCC(=O)c1ccc(F)c(C(F)(F)F)c1. The molecular formula is C12H8F4O. The quantitative estimate of drug-likeness (QED) is 0.452. The smallest absolute Gasteiger partial charge is 0.294 e. The van der Waals surface area contributed by atoms with Crippen LogP contribution in [-0.4, -0.2) is 5.78 Å². The van der Waals surface area contributed by atoms with E-state index in [-0.39, 0.29) is 18.4 Å². The van der Waals surface area contributed by atoms with Gasteiger partial charge in [-0.15, -0.1) is 12.3 Å². The van der Waals surface area contributed by atoms with Crippen molar-refractivity contribution in [2.45, 2.75) is 19.0 Å². The number of Topliss-reactive ketones (excluding diaryl/α,β-unsaturated/α-hetero) is 1. The average molecular weight is 244 g/mol. The molecule has 0 aromatic heterocycles. The lowest BCUT2D eigenvalue weighted by Gasteiger charge is -2.09. The number of benzene rings is 1. The van der Waals surface area contributed by atoms with E-state index in [0.29, 0.717) is 12.1 Å². The van der Waals surface area contributed by atoms with Crippen molar-refractivity contribution in [3.63, 3.8) is 0 Å². The van der Waals surface area contributed by atoms with E-state index in [1.165, 1.54) is 0 Å². The summed E-state index contributed by atoms with van der Waals surface area (Å²) in [5.74, 6) is 0.276. The number of halogens is 4. The predicted octanol–water partition coefficient (Wildman–Crippen LogP) is 3.44. The van der Waals surface area contributed by atoms with Crippen molar-refractivity contribution in [1.29, 1.82) is 0 Å². The van der Waals surface area contributed by atoms with Crippen molar-refractivity contribution in [2.24, 2.45) is 0 Å². The van der Waals surface area contributed by atoms with Crippen LogP contribution in [0.3, 0.4) is 0 Å². The molecule has 0 aliphatic heterocycles. The fraction of sp³-hybridized carbons (Fsp3) is 0.250. The van der Waals surface area contributed by atoms with Gasteiger partial charge in [-0.25, -0.2) is 4.39 Å². The van der Waals surface area contributed by atoms with Crippen LogP contribution >= 0.6 is 0 Å². The van der Waals surface area contributed by atoms with Crippen molar-refractivity contribution < 1.29 is 22.4 Å². The standard InChI is InChI=1S/C12H8F4O/c1-2-3-4-11(17)8-5-6-10(13)9(7-8)12(14,15)16/h1,5-7H,3-4H2. The fourth-order valence-electron chi connectivity index (χ4n) is 1.25. The molecule has 0 unspecified atom stereocenters. The molecule has 0 amide bonds. The lowest BCUT2D eigenvalue weighted by molar-refractivity contribution is -0.140. The minimum absolute atomic E-state index is 0.0561. The zero-order valence-electron chi connectivity index (χ0n) is 8.64. The molecule has 0 bridgehead atoms. The zero-order valence-corrected chi connectivity index (χ0v) is 8.64. The maximum absolute atomic E-state index is 12.9. The van der Waals surface area contributed by atoms with E-state index in [1.807, 2.05) is 0 Å². The van der Waals surface area contributed by atoms with Gasteiger partial charge in [0.15, 0.2) is 5.78 Å². The fourth-order valence-corrected chi connectivity index (χ4v) is 1.25. The van der Waals surface area contributed by atoms with Gasteiger partial charge in [-0.3, -0.25) is 4.79 Å². The van der Waals surface area contributed by atoms with Gasteiger partial charge in [-0.1, -0.05) is 0 Å². The van der Waals surface area contributed by atoms with Crippen molar-refractivity contribution in [2.75, 3.05) is 0 Å². The number of carbonyl (C=O) groups excluding carboxylic acids is 1. The summed E-state index contributed by atoms with van der Waals surface area (Å²) >= 11 is 0. The first-order chi connectivity index (χ1) is 7.86. The molecule has 0 heterocycles. The molecule has 0 aliphatic rings. The van der Waals surface area contributed by atoms with Gasteiger partial charge in [-0.2, -0.15) is 13.2 Å². The first-order valence-corrected chi connectivity index (χ1v) is 4.69. The van der Waals surface area contributed by atoms with E-state index >= 15 is 0 Å². The molecule has 0 aliphatic carbocycles. The Hall–Kier alpha value is -1.83. The molecule has 0 radical (unpaired) electrons. The molecule has 0 fully saturated rings. The van der Waals surface area contributed by atoms with Crippen LogP contribution < -0.4 is 0 Å². The summed E-state index contributed by atoms with van der Waals surface area (Å²) in [4.78, 5) is 11.4. The lowest BCUT2D eigenvalue weighted by atomic mass is 10.0. The molecule has 1 aromatic rings. The summed E-state index contributed by atoms with van der Waals surface area (Å²) < 4.78 is 50.0. The highest BCUT2D eigenvalue weighted by molar-refractivity contribution is 5.96. The number of terminal acetylenes is 1. The third-order valence-electron chi connectivity index (χ3n) is 2.09. The van der Waals surface area contributed by atoms with Gasteiger partial charge >= 0.3 is 6.18 Å². The van der Waals surface area contributed by atoms with Gasteiger partial charge in [0.05, 0.1) is 5.56 Å². The van der Waals surface area contributed by atoms with Crippen LogP contribution in [0.1, 0.15) is 28.8 Å². The van der Waals surface area contributed by atoms with Crippen LogP contribution in [-0.2, 0) is 6.18 Å². The van der Waals surface area contributed by atoms with E-state index in [9.17, 15) is 22.4 Å². The number of rotatable bonds is 3. The van der Waals surface area contributed by atoms with Crippen molar-refractivity contribution in [1.82, 2.24) is 0 Å². The Morgan fingerprint density at radius 3 is 2.53 bits per heavy atom. The zero-order chi connectivity index (χ0) is 13.1. The van der Waals surface area contributed by atoms with Gasteiger partial charge in [0.1, 0.15) is 5.82 Å². The van der Waals surface area contributed by atoms with Crippen molar-refractivity contribution >= 4 is 5.78 Å². The Morgan fingerprint density at radius 2 is 2.00 bits per heavy atom. The highest BCUT2D eigenvalue weighted by atomic mass is 19.4. The van der Waals surface area contributed by atoms with E-state index in [2.05, 4.69) is 5.92 Å². The summed E-state index contributed by atoms with van der Waals surface area (Å²) in [5.41, 5.74) is -1.63. The molecule has 1 rings (SSSR count). The van der Waals surface area contributed by atoms with Crippen LogP contribution in [0.2, 0.25) is 0 Å². The Labute approximate surface area is 95.4 Å². The summed E-state index contributed by atoms with van der Waals surface area (Å²) in [5, 5.41) is 0. The normalized spacial score (nSPS) is 11.0. The summed E-state index contributed by atoms with van der Waals surface area (Å²) in [6.07, 6.45) is 0.203. The van der Waals surface area contributed by atoms with Gasteiger partial charge < -0.3 is 0 Å². The van der Waals surface area contributed by atoms with Gasteiger partial charge in [0.2, 0.25) is 0 Å². The minimum Gasteiger partial charge on any atom is -0.294 e.